The van der Waals surface area contributed by atoms with E-state index in [0.29, 0.717) is 23.7 Å². The van der Waals surface area contributed by atoms with Crippen LogP contribution in [0.5, 0.6) is 5.75 Å². The van der Waals surface area contributed by atoms with E-state index in [0.717, 1.165) is 41.9 Å². The first-order chi connectivity index (χ1) is 16.9. The zero-order valence-electron chi connectivity index (χ0n) is 20.3. The number of benzene rings is 1. The van der Waals surface area contributed by atoms with Crippen molar-refractivity contribution < 1.29 is 17.6 Å². The lowest BCUT2D eigenvalue weighted by Gasteiger charge is -2.31. The molecule has 4 aromatic rings. The molecular weight excluding hydrogens is 462 g/mol. The van der Waals surface area contributed by atoms with E-state index in [1.54, 1.807) is 34.8 Å². The van der Waals surface area contributed by atoms with Crippen molar-refractivity contribution in [1.29, 1.82) is 0 Å². The molecule has 5 rings (SSSR count). The number of hydrogen-bond donors (Lipinski definition) is 0. The van der Waals surface area contributed by atoms with E-state index in [1.807, 2.05) is 32.0 Å². The minimum atomic E-state index is -3.54. The minimum absolute atomic E-state index is 0.0436. The standard InChI is InChI=1S/C27H31N3O4S/c1-4-29-18-24(23-11-12-25(28-27(23)29)26-6-5-17-33-26)20-13-15-30(16-14-20)35(31,32)22-9-7-21(8-10-22)34-19(2)3/h5-12,17-20H,4,13-16H2,1-3H3. The van der Waals surface area contributed by atoms with Crippen LogP contribution in [0.25, 0.3) is 22.5 Å². The summed E-state index contributed by atoms with van der Waals surface area (Å²) in [6.45, 7) is 7.80. The highest BCUT2D eigenvalue weighted by Crippen LogP contribution is 2.36. The van der Waals surface area contributed by atoms with Gasteiger partial charge >= 0.3 is 0 Å². The molecule has 0 saturated carbocycles. The zero-order valence-corrected chi connectivity index (χ0v) is 21.2. The molecule has 184 valence electrons. The van der Waals surface area contributed by atoms with Gasteiger partial charge in [0.1, 0.15) is 17.1 Å². The Balaban J connectivity index is 1.34. The molecule has 1 aliphatic rings. The smallest absolute Gasteiger partial charge is 0.243 e. The molecule has 1 aromatic carbocycles. The molecule has 0 N–H and O–H groups in total. The molecule has 0 atom stereocenters. The molecule has 3 aromatic heterocycles. The van der Waals surface area contributed by atoms with E-state index in [9.17, 15) is 8.42 Å². The van der Waals surface area contributed by atoms with Crippen molar-refractivity contribution in [2.45, 2.75) is 57.1 Å². The molecule has 35 heavy (non-hydrogen) atoms. The average molecular weight is 494 g/mol. The quantitative estimate of drug-likeness (QED) is 0.331. The van der Waals surface area contributed by atoms with Crippen molar-refractivity contribution in [3.05, 3.63) is 66.6 Å². The first-order valence-corrected chi connectivity index (χ1v) is 13.6. The second-order valence-corrected chi connectivity index (χ2v) is 11.2. The highest BCUT2D eigenvalue weighted by atomic mass is 32.2. The second-order valence-electron chi connectivity index (χ2n) is 9.23. The largest absolute Gasteiger partial charge is 0.491 e. The number of aryl methyl sites for hydroxylation is 1. The van der Waals surface area contributed by atoms with Crippen molar-refractivity contribution in [3.63, 3.8) is 0 Å². The average Bonchev–Trinajstić information content (AvgIpc) is 3.52. The van der Waals surface area contributed by atoms with E-state index >= 15 is 0 Å². The SMILES string of the molecule is CCn1cc(C2CCN(S(=O)(=O)c3ccc(OC(C)C)cc3)CC2)c2ccc(-c3ccco3)nc21. The van der Waals surface area contributed by atoms with E-state index in [1.165, 1.54) is 5.56 Å². The van der Waals surface area contributed by atoms with Crippen LogP contribution in [0.4, 0.5) is 0 Å². The summed E-state index contributed by atoms with van der Waals surface area (Å²) in [5.41, 5.74) is 3.00. The predicted molar refractivity (Wildman–Crippen MR) is 136 cm³/mol. The number of rotatable bonds is 7. The number of sulfonamides is 1. The van der Waals surface area contributed by atoms with Crippen LogP contribution in [0, 0.1) is 0 Å². The van der Waals surface area contributed by atoms with Gasteiger partial charge in [0.2, 0.25) is 10.0 Å². The molecule has 0 amide bonds. The number of pyridine rings is 1. The normalized spacial score (nSPS) is 15.8. The molecule has 1 saturated heterocycles. The van der Waals surface area contributed by atoms with Gasteiger partial charge in [-0.1, -0.05) is 0 Å². The van der Waals surface area contributed by atoms with Gasteiger partial charge in [-0.2, -0.15) is 4.31 Å². The van der Waals surface area contributed by atoms with E-state index < -0.39 is 10.0 Å². The van der Waals surface area contributed by atoms with Gasteiger partial charge in [-0.05, 0) is 93.6 Å². The molecule has 0 unspecified atom stereocenters. The third-order valence-electron chi connectivity index (χ3n) is 6.59. The van der Waals surface area contributed by atoms with Gasteiger partial charge in [-0.25, -0.2) is 13.4 Å². The van der Waals surface area contributed by atoms with Gasteiger partial charge in [-0.15, -0.1) is 0 Å². The third kappa shape index (κ3) is 4.60. The van der Waals surface area contributed by atoms with Gasteiger partial charge in [0.25, 0.3) is 0 Å². The first-order valence-electron chi connectivity index (χ1n) is 12.2. The Hall–Kier alpha value is -3.10. The van der Waals surface area contributed by atoms with Crippen molar-refractivity contribution in [2.75, 3.05) is 13.1 Å². The third-order valence-corrected chi connectivity index (χ3v) is 8.51. The fourth-order valence-electron chi connectivity index (χ4n) is 4.84. The van der Waals surface area contributed by atoms with E-state index in [4.69, 9.17) is 14.1 Å². The molecule has 0 radical (unpaired) electrons. The Morgan fingerprint density at radius 2 is 1.83 bits per heavy atom. The van der Waals surface area contributed by atoms with E-state index in [2.05, 4.69) is 23.8 Å². The van der Waals surface area contributed by atoms with Crippen molar-refractivity contribution in [2.24, 2.45) is 0 Å². The van der Waals surface area contributed by atoms with Crippen LogP contribution < -0.4 is 4.74 Å². The molecule has 4 heterocycles. The lowest BCUT2D eigenvalue weighted by Crippen LogP contribution is -2.37. The summed E-state index contributed by atoms with van der Waals surface area (Å²) in [7, 11) is -3.54. The van der Waals surface area contributed by atoms with Gasteiger partial charge in [-0.3, -0.25) is 0 Å². The van der Waals surface area contributed by atoms with Crippen LogP contribution in [0.15, 0.2) is 70.3 Å². The van der Waals surface area contributed by atoms with Crippen molar-refractivity contribution in [3.8, 4) is 17.2 Å². The summed E-state index contributed by atoms with van der Waals surface area (Å²) < 4.78 is 41.4. The van der Waals surface area contributed by atoms with Crippen LogP contribution >= 0.6 is 0 Å². The Labute approximate surface area is 206 Å². The first kappa shape index (κ1) is 23.6. The number of piperidine rings is 1. The molecule has 0 bridgehead atoms. The monoisotopic (exact) mass is 493 g/mol. The Bertz CT molecular complexity index is 1400. The highest BCUT2D eigenvalue weighted by molar-refractivity contribution is 7.89. The van der Waals surface area contributed by atoms with Crippen LogP contribution in [0.2, 0.25) is 0 Å². The molecule has 0 aliphatic carbocycles. The number of nitrogens with zero attached hydrogens (tertiary/aromatic N) is 3. The molecule has 0 spiro atoms. The van der Waals surface area contributed by atoms with Crippen LogP contribution in [-0.4, -0.2) is 41.5 Å². The lowest BCUT2D eigenvalue weighted by molar-refractivity contribution is 0.242. The van der Waals surface area contributed by atoms with Gasteiger partial charge in [0.15, 0.2) is 5.76 Å². The summed E-state index contributed by atoms with van der Waals surface area (Å²) in [5, 5.41) is 1.13. The Kier molecular flexibility index (Phi) is 6.42. The summed E-state index contributed by atoms with van der Waals surface area (Å²) in [4.78, 5) is 5.18. The summed E-state index contributed by atoms with van der Waals surface area (Å²) >= 11 is 0. The van der Waals surface area contributed by atoms with Gasteiger partial charge in [0.05, 0.1) is 17.3 Å². The van der Waals surface area contributed by atoms with Crippen molar-refractivity contribution >= 4 is 21.1 Å². The fraction of sp³-hybridized carbons (Fsp3) is 0.370. The van der Waals surface area contributed by atoms with E-state index in [-0.39, 0.29) is 12.0 Å². The summed E-state index contributed by atoms with van der Waals surface area (Å²) in [5.74, 6) is 1.71. The van der Waals surface area contributed by atoms with Crippen LogP contribution in [0.3, 0.4) is 0 Å². The number of furan rings is 1. The maximum atomic E-state index is 13.2. The number of hydrogen-bond acceptors (Lipinski definition) is 5. The zero-order chi connectivity index (χ0) is 24.6. The van der Waals surface area contributed by atoms with Crippen LogP contribution in [0.1, 0.15) is 45.1 Å². The van der Waals surface area contributed by atoms with Gasteiger partial charge < -0.3 is 13.7 Å². The van der Waals surface area contributed by atoms with Crippen LogP contribution in [-0.2, 0) is 16.6 Å². The second kappa shape index (κ2) is 9.51. The number of fused-ring (bicyclic) bond motifs is 1. The molecule has 1 fully saturated rings. The van der Waals surface area contributed by atoms with Gasteiger partial charge in [0, 0.05) is 31.2 Å². The Morgan fingerprint density at radius 1 is 1.09 bits per heavy atom. The van der Waals surface area contributed by atoms with Crippen molar-refractivity contribution in [1.82, 2.24) is 13.9 Å². The maximum absolute atomic E-state index is 13.2. The summed E-state index contributed by atoms with van der Waals surface area (Å²) in [6.07, 6.45) is 5.43. The lowest BCUT2D eigenvalue weighted by atomic mass is 9.90. The Morgan fingerprint density at radius 3 is 2.46 bits per heavy atom. The molecule has 7 nitrogen and oxygen atoms in total. The minimum Gasteiger partial charge on any atom is -0.491 e. The topological polar surface area (TPSA) is 77.6 Å². The fourth-order valence-corrected chi connectivity index (χ4v) is 6.31. The highest BCUT2D eigenvalue weighted by Gasteiger charge is 2.31. The molecule has 1 aliphatic heterocycles. The number of aromatic nitrogens is 2. The number of ether oxygens (including phenoxy) is 1. The summed E-state index contributed by atoms with van der Waals surface area (Å²) in [6, 6.07) is 14.6. The predicted octanol–water partition coefficient (Wildman–Crippen LogP) is 5.67. The molecular formula is C27H31N3O4S. The maximum Gasteiger partial charge on any atom is 0.243 e. The molecule has 8 heteroatoms.